The Morgan fingerprint density at radius 3 is 2.62 bits per heavy atom. The number of hydrogen-bond acceptors (Lipinski definition) is 7. The standard InChI is InChI=1S/C26H19NO7/c1-30-18-11-14(12-19-23(18)32-13-31-19)20-21-22(16-9-5-6-10-17(16)33-26(21)29)34-24(20)25(28)27-15-7-3-2-4-8-15/h2-12,20,24H,13H2,1H3,(H,27,28)/t20-,24+/m1/s1. The molecule has 170 valence electrons. The quantitative estimate of drug-likeness (QED) is 0.462. The van der Waals surface area contributed by atoms with E-state index in [-0.39, 0.29) is 12.4 Å². The van der Waals surface area contributed by atoms with Crippen molar-refractivity contribution in [2.45, 2.75) is 12.0 Å². The van der Waals surface area contributed by atoms with Crippen LogP contribution in [0.2, 0.25) is 0 Å². The third kappa shape index (κ3) is 3.14. The Labute approximate surface area is 193 Å². The highest BCUT2D eigenvalue weighted by atomic mass is 16.7. The van der Waals surface area contributed by atoms with Crippen LogP contribution < -0.4 is 29.9 Å². The minimum atomic E-state index is -1.03. The third-order valence-corrected chi connectivity index (χ3v) is 6.00. The number of hydrogen-bond donors (Lipinski definition) is 1. The molecule has 1 amide bonds. The van der Waals surface area contributed by atoms with E-state index in [0.29, 0.717) is 45.2 Å². The van der Waals surface area contributed by atoms with Crippen molar-refractivity contribution < 1.29 is 28.2 Å². The van der Waals surface area contributed by atoms with Gasteiger partial charge in [-0.1, -0.05) is 30.3 Å². The maximum atomic E-state index is 13.4. The molecule has 0 spiro atoms. The second kappa shape index (κ2) is 7.84. The average molecular weight is 457 g/mol. The molecule has 8 nitrogen and oxygen atoms in total. The summed E-state index contributed by atoms with van der Waals surface area (Å²) < 4.78 is 28.4. The van der Waals surface area contributed by atoms with E-state index in [4.69, 9.17) is 23.4 Å². The summed E-state index contributed by atoms with van der Waals surface area (Å²) in [4.78, 5) is 26.6. The van der Waals surface area contributed by atoms with Crippen molar-refractivity contribution in [3.05, 3.63) is 88.3 Å². The number of para-hydroxylation sites is 2. The summed E-state index contributed by atoms with van der Waals surface area (Å²) >= 11 is 0. The molecule has 3 heterocycles. The Bertz CT molecular complexity index is 1480. The van der Waals surface area contributed by atoms with Crippen molar-refractivity contribution in [1.29, 1.82) is 0 Å². The van der Waals surface area contributed by atoms with Gasteiger partial charge in [0.1, 0.15) is 11.3 Å². The molecule has 1 aromatic heterocycles. The monoisotopic (exact) mass is 457 g/mol. The van der Waals surface area contributed by atoms with E-state index in [0.717, 1.165) is 0 Å². The van der Waals surface area contributed by atoms with Crippen molar-refractivity contribution in [1.82, 2.24) is 0 Å². The van der Waals surface area contributed by atoms with Gasteiger partial charge in [-0.05, 0) is 42.0 Å². The molecule has 0 fully saturated rings. The van der Waals surface area contributed by atoms with Crippen LogP contribution >= 0.6 is 0 Å². The zero-order chi connectivity index (χ0) is 23.2. The predicted molar refractivity (Wildman–Crippen MR) is 123 cm³/mol. The fourth-order valence-corrected chi connectivity index (χ4v) is 4.49. The van der Waals surface area contributed by atoms with Gasteiger partial charge >= 0.3 is 5.63 Å². The van der Waals surface area contributed by atoms with E-state index in [2.05, 4.69) is 5.32 Å². The Balaban J connectivity index is 1.53. The highest BCUT2D eigenvalue weighted by Crippen LogP contribution is 2.49. The van der Waals surface area contributed by atoms with Crippen molar-refractivity contribution in [3.8, 4) is 23.0 Å². The van der Waals surface area contributed by atoms with Gasteiger partial charge in [0, 0.05) is 5.69 Å². The number of amides is 1. The van der Waals surface area contributed by atoms with Gasteiger partial charge in [-0.25, -0.2) is 4.79 Å². The predicted octanol–water partition coefficient (Wildman–Crippen LogP) is 4.06. The van der Waals surface area contributed by atoms with E-state index in [9.17, 15) is 9.59 Å². The third-order valence-electron chi connectivity index (χ3n) is 6.00. The smallest absolute Gasteiger partial charge is 0.344 e. The molecule has 2 atom stereocenters. The number of methoxy groups -OCH3 is 1. The Morgan fingerprint density at radius 2 is 1.79 bits per heavy atom. The van der Waals surface area contributed by atoms with Crippen LogP contribution in [0.3, 0.4) is 0 Å². The number of fused-ring (bicyclic) bond motifs is 4. The van der Waals surface area contributed by atoms with Gasteiger partial charge in [-0.15, -0.1) is 0 Å². The van der Waals surface area contributed by atoms with E-state index in [1.807, 2.05) is 24.3 Å². The summed E-state index contributed by atoms with van der Waals surface area (Å²) in [6, 6.07) is 19.6. The first-order valence-electron chi connectivity index (χ1n) is 10.7. The lowest BCUT2D eigenvalue weighted by atomic mass is 9.87. The first-order valence-corrected chi connectivity index (χ1v) is 10.7. The molecule has 3 aromatic carbocycles. The minimum Gasteiger partial charge on any atom is -0.493 e. The van der Waals surface area contributed by atoms with Crippen LogP contribution in [-0.2, 0) is 4.79 Å². The van der Waals surface area contributed by atoms with Gasteiger partial charge in [0.25, 0.3) is 5.91 Å². The largest absolute Gasteiger partial charge is 0.493 e. The highest BCUT2D eigenvalue weighted by molar-refractivity contribution is 5.97. The van der Waals surface area contributed by atoms with Crippen molar-refractivity contribution in [2.24, 2.45) is 0 Å². The summed E-state index contributed by atoms with van der Waals surface area (Å²) in [5.41, 5.74) is 1.32. The van der Waals surface area contributed by atoms with Crippen LogP contribution in [0, 0.1) is 0 Å². The number of carbonyl (C=O) groups excluding carboxylic acids is 1. The fraction of sp³-hybridized carbons (Fsp3) is 0.154. The van der Waals surface area contributed by atoms with Gasteiger partial charge in [0.15, 0.2) is 17.6 Å². The molecule has 0 bridgehead atoms. The molecule has 1 N–H and O–H groups in total. The lowest BCUT2D eigenvalue weighted by molar-refractivity contribution is -0.122. The second-order valence-corrected chi connectivity index (χ2v) is 7.96. The molecule has 8 heteroatoms. The van der Waals surface area contributed by atoms with Gasteiger partial charge in [-0.2, -0.15) is 0 Å². The van der Waals surface area contributed by atoms with Crippen molar-refractivity contribution >= 4 is 22.6 Å². The van der Waals surface area contributed by atoms with E-state index in [1.165, 1.54) is 7.11 Å². The lowest BCUT2D eigenvalue weighted by Crippen LogP contribution is -2.35. The lowest BCUT2D eigenvalue weighted by Gasteiger charge is -2.20. The number of benzene rings is 3. The van der Waals surface area contributed by atoms with E-state index < -0.39 is 23.6 Å². The Kier molecular flexibility index (Phi) is 4.65. The second-order valence-electron chi connectivity index (χ2n) is 7.96. The maximum absolute atomic E-state index is 13.4. The number of carbonyl (C=O) groups is 1. The zero-order valence-electron chi connectivity index (χ0n) is 18.1. The summed E-state index contributed by atoms with van der Waals surface area (Å²) in [7, 11) is 1.52. The summed E-state index contributed by atoms with van der Waals surface area (Å²) in [6.45, 7) is 0.0532. The summed E-state index contributed by atoms with van der Waals surface area (Å²) in [6.07, 6.45) is -1.03. The topological polar surface area (TPSA) is 96.2 Å². The maximum Gasteiger partial charge on any atom is 0.344 e. The fourth-order valence-electron chi connectivity index (χ4n) is 4.49. The van der Waals surface area contributed by atoms with Crippen molar-refractivity contribution in [2.75, 3.05) is 19.2 Å². The molecular weight excluding hydrogens is 438 g/mol. The summed E-state index contributed by atoms with van der Waals surface area (Å²) in [5, 5.41) is 3.50. The molecule has 0 radical (unpaired) electrons. The zero-order valence-corrected chi connectivity index (χ0v) is 18.1. The SMILES string of the molecule is COc1cc([C@@H]2c3c(c4ccccc4oc3=O)O[C@@H]2C(=O)Nc2ccccc2)cc2c1OCO2. The molecule has 2 aliphatic rings. The average Bonchev–Trinajstić information content (AvgIpc) is 3.50. The van der Waals surface area contributed by atoms with Crippen LogP contribution in [0.15, 0.2) is 75.9 Å². The van der Waals surface area contributed by atoms with Crippen LogP contribution in [0.1, 0.15) is 17.0 Å². The first-order chi connectivity index (χ1) is 16.6. The van der Waals surface area contributed by atoms with Crippen molar-refractivity contribution in [3.63, 3.8) is 0 Å². The normalized spacial score (nSPS) is 17.8. The highest BCUT2D eigenvalue weighted by Gasteiger charge is 2.45. The molecule has 0 unspecified atom stereocenters. The number of ether oxygens (including phenoxy) is 4. The van der Waals surface area contributed by atoms with E-state index in [1.54, 1.807) is 42.5 Å². The number of anilines is 1. The molecule has 4 aromatic rings. The first kappa shape index (κ1) is 20.2. The molecule has 2 aliphatic heterocycles. The van der Waals surface area contributed by atoms with Gasteiger partial charge < -0.3 is 28.7 Å². The van der Waals surface area contributed by atoms with Crippen LogP contribution in [0.5, 0.6) is 23.0 Å². The molecular formula is C26H19NO7. The molecule has 34 heavy (non-hydrogen) atoms. The van der Waals surface area contributed by atoms with Gasteiger partial charge in [0.05, 0.1) is 24.0 Å². The molecule has 0 saturated carbocycles. The van der Waals surface area contributed by atoms with Crippen LogP contribution in [0.25, 0.3) is 11.0 Å². The number of nitrogens with one attached hydrogen (secondary N) is 1. The van der Waals surface area contributed by atoms with Gasteiger partial charge in [0.2, 0.25) is 12.5 Å². The molecule has 6 rings (SSSR count). The van der Waals surface area contributed by atoms with Crippen LogP contribution in [-0.4, -0.2) is 25.9 Å². The Hall–Kier alpha value is -4.46. The molecule has 0 aliphatic carbocycles. The number of rotatable bonds is 4. The Morgan fingerprint density at radius 1 is 1.00 bits per heavy atom. The van der Waals surface area contributed by atoms with E-state index >= 15 is 0 Å². The van der Waals surface area contributed by atoms with Gasteiger partial charge in [-0.3, -0.25) is 4.79 Å². The summed E-state index contributed by atoms with van der Waals surface area (Å²) in [5.74, 6) is 0.555. The minimum absolute atomic E-state index is 0.0532. The molecule has 0 saturated heterocycles. The van der Waals surface area contributed by atoms with Crippen LogP contribution in [0.4, 0.5) is 5.69 Å².